The predicted octanol–water partition coefficient (Wildman–Crippen LogP) is 4.25. The van der Waals surface area contributed by atoms with Gasteiger partial charge in [-0.15, -0.1) is 11.8 Å². The molecule has 4 nitrogen and oxygen atoms in total. The van der Waals surface area contributed by atoms with E-state index in [1.807, 2.05) is 30.3 Å². The first-order valence-corrected chi connectivity index (χ1v) is 9.79. The average Bonchev–Trinajstić information content (AvgIpc) is 2.65. The minimum atomic E-state index is -0.602. The molecule has 0 spiro atoms. The molecular weight excluding hydrogens is 391 g/mol. The maximum Gasteiger partial charge on any atom is 0.242 e. The number of nitrogens with one attached hydrogen (secondary N) is 1. The summed E-state index contributed by atoms with van der Waals surface area (Å²) in [5, 5.41) is 3.81. The molecule has 138 valence electrons. The van der Waals surface area contributed by atoms with E-state index in [0.29, 0.717) is 10.0 Å². The maximum atomic E-state index is 12.8. The average molecular weight is 411 g/mol. The number of carbonyl (C=O) groups excluding carboxylic acids is 2. The first-order chi connectivity index (χ1) is 12.4. The summed E-state index contributed by atoms with van der Waals surface area (Å²) in [5.74, 6) is -0.143. The fourth-order valence-corrected chi connectivity index (χ4v) is 3.47. The Bertz CT molecular complexity index is 768. The van der Waals surface area contributed by atoms with Gasteiger partial charge in [0.15, 0.2) is 0 Å². The highest BCUT2D eigenvalue weighted by Crippen LogP contribution is 2.23. The molecule has 1 N–H and O–H groups in total. The van der Waals surface area contributed by atoms with Crippen molar-refractivity contribution < 1.29 is 9.59 Å². The second-order valence-electron chi connectivity index (χ2n) is 5.65. The number of hydrogen-bond acceptors (Lipinski definition) is 3. The SMILES string of the molecule is CNC(=O)[C@@H](C)N(Cc1ccccc1Cl)C(=O)CSc1ccc(Cl)cc1. The largest absolute Gasteiger partial charge is 0.357 e. The van der Waals surface area contributed by atoms with Gasteiger partial charge in [-0.2, -0.15) is 0 Å². The lowest BCUT2D eigenvalue weighted by atomic mass is 10.1. The van der Waals surface area contributed by atoms with E-state index >= 15 is 0 Å². The molecular formula is C19H20Cl2N2O2S. The number of benzene rings is 2. The molecule has 0 saturated carbocycles. The Morgan fingerprint density at radius 1 is 1.12 bits per heavy atom. The van der Waals surface area contributed by atoms with Crippen LogP contribution in [0.25, 0.3) is 0 Å². The standard InChI is InChI=1S/C19H20Cl2N2O2S/c1-13(19(25)22-2)23(11-14-5-3-4-6-17(14)21)18(24)12-26-16-9-7-15(20)8-10-16/h3-10,13H,11-12H2,1-2H3,(H,22,25)/t13-/m1/s1. The molecule has 1 atom stereocenters. The van der Waals surface area contributed by atoms with Gasteiger partial charge >= 0.3 is 0 Å². The highest BCUT2D eigenvalue weighted by Gasteiger charge is 2.26. The molecule has 0 aromatic heterocycles. The van der Waals surface area contributed by atoms with Crippen molar-refractivity contribution in [3.05, 3.63) is 64.1 Å². The number of rotatable bonds is 7. The molecule has 26 heavy (non-hydrogen) atoms. The number of hydrogen-bond donors (Lipinski definition) is 1. The van der Waals surface area contributed by atoms with Gasteiger partial charge < -0.3 is 10.2 Å². The van der Waals surface area contributed by atoms with Gasteiger partial charge in [0.2, 0.25) is 11.8 Å². The van der Waals surface area contributed by atoms with E-state index in [0.717, 1.165) is 10.5 Å². The van der Waals surface area contributed by atoms with Crippen LogP contribution in [0.5, 0.6) is 0 Å². The summed E-state index contributed by atoms with van der Waals surface area (Å²) in [7, 11) is 1.56. The second-order valence-corrected chi connectivity index (χ2v) is 7.54. The molecule has 2 amide bonds. The van der Waals surface area contributed by atoms with Crippen LogP contribution >= 0.6 is 35.0 Å². The van der Waals surface area contributed by atoms with Crippen molar-refractivity contribution in [3.63, 3.8) is 0 Å². The van der Waals surface area contributed by atoms with Crippen LogP contribution in [0, 0.1) is 0 Å². The van der Waals surface area contributed by atoms with E-state index in [4.69, 9.17) is 23.2 Å². The summed E-state index contributed by atoms with van der Waals surface area (Å²) >= 11 is 13.5. The van der Waals surface area contributed by atoms with Crippen LogP contribution in [-0.2, 0) is 16.1 Å². The quantitative estimate of drug-likeness (QED) is 0.693. The number of amides is 2. The number of nitrogens with zero attached hydrogens (tertiary/aromatic N) is 1. The molecule has 2 aromatic carbocycles. The van der Waals surface area contributed by atoms with Crippen LogP contribution in [-0.4, -0.2) is 35.6 Å². The number of thioether (sulfide) groups is 1. The van der Waals surface area contributed by atoms with Crippen molar-refractivity contribution in [3.8, 4) is 0 Å². The van der Waals surface area contributed by atoms with E-state index in [9.17, 15) is 9.59 Å². The molecule has 0 bridgehead atoms. The highest BCUT2D eigenvalue weighted by molar-refractivity contribution is 8.00. The molecule has 0 heterocycles. The Morgan fingerprint density at radius 2 is 1.77 bits per heavy atom. The van der Waals surface area contributed by atoms with Crippen molar-refractivity contribution in [1.82, 2.24) is 10.2 Å². The molecule has 0 saturated heterocycles. The van der Waals surface area contributed by atoms with Crippen LogP contribution in [0.15, 0.2) is 53.4 Å². The van der Waals surface area contributed by atoms with Crippen LogP contribution in [0.2, 0.25) is 10.0 Å². The maximum absolute atomic E-state index is 12.8. The van der Waals surface area contributed by atoms with Gasteiger partial charge in [0.25, 0.3) is 0 Å². The van der Waals surface area contributed by atoms with Crippen LogP contribution in [0.1, 0.15) is 12.5 Å². The first-order valence-electron chi connectivity index (χ1n) is 8.05. The van der Waals surface area contributed by atoms with Crippen molar-refractivity contribution in [2.45, 2.75) is 24.4 Å². The Kier molecular flexibility index (Phi) is 7.82. The number of halogens is 2. The molecule has 0 fully saturated rings. The molecule has 2 rings (SSSR count). The van der Waals surface area contributed by atoms with Crippen LogP contribution < -0.4 is 5.32 Å². The zero-order valence-corrected chi connectivity index (χ0v) is 16.9. The lowest BCUT2D eigenvalue weighted by Gasteiger charge is -2.28. The summed E-state index contributed by atoms with van der Waals surface area (Å²) in [6.07, 6.45) is 0. The van der Waals surface area contributed by atoms with Crippen molar-refractivity contribution >= 4 is 46.8 Å². The normalized spacial score (nSPS) is 11.7. The minimum absolute atomic E-state index is 0.138. The number of carbonyl (C=O) groups is 2. The van der Waals surface area contributed by atoms with Crippen molar-refractivity contribution in [2.24, 2.45) is 0 Å². The third kappa shape index (κ3) is 5.66. The predicted molar refractivity (Wildman–Crippen MR) is 108 cm³/mol. The summed E-state index contributed by atoms with van der Waals surface area (Å²) in [6, 6.07) is 14.0. The minimum Gasteiger partial charge on any atom is -0.357 e. The van der Waals surface area contributed by atoms with Crippen molar-refractivity contribution in [2.75, 3.05) is 12.8 Å². The molecule has 0 radical (unpaired) electrons. The summed E-state index contributed by atoms with van der Waals surface area (Å²) in [5.41, 5.74) is 0.801. The van der Waals surface area contributed by atoms with E-state index in [-0.39, 0.29) is 24.1 Å². The van der Waals surface area contributed by atoms with Gasteiger partial charge in [-0.3, -0.25) is 9.59 Å². The molecule has 0 aliphatic carbocycles. The van der Waals surface area contributed by atoms with Gasteiger partial charge in [-0.25, -0.2) is 0 Å². The Labute approximate surface area is 167 Å². The lowest BCUT2D eigenvalue weighted by molar-refractivity contribution is -0.138. The van der Waals surface area contributed by atoms with E-state index < -0.39 is 6.04 Å². The molecule has 0 aliphatic heterocycles. The third-order valence-electron chi connectivity index (χ3n) is 3.89. The third-order valence-corrected chi connectivity index (χ3v) is 5.51. The summed E-state index contributed by atoms with van der Waals surface area (Å²) in [6.45, 7) is 1.98. The lowest BCUT2D eigenvalue weighted by Crippen LogP contribution is -2.47. The Morgan fingerprint density at radius 3 is 2.38 bits per heavy atom. The fourth-order valence-electron chi connectivity index (χ4n) is 2.36. The Hall–Kier alpha value is -1.69. The van der Waals surface area contributed by atoms with Gasteiger partial charge in [0.1, 0.15) is 6.04 Å². The highest BCUT2D eigenvalue weighted by atomic mass is 35.5. The molecule has 2 aromatic rings. The van der Waals surface area contributed by atoms with Crippen LogP contribution in [0.3, 0.4) is 0 Å². The Balaban J connectivity index is 2.13. The van der Waals surface area contributed by atoms with E-state index in [2.05, 4.69) is 5.32 Å². The molecule has 0 unspecified atom stereocenters. The smallest absolute Gasteiger partial charge is 0.242 e. The molecule has 0 aliphatic rings. The van der Waals surface area contributed by atoms with Gasteiger partial charge in [-0.1, -0.05) is 41.4 Å². The zero-order chi connectivity index (χ0) is 19.1. The second kappa shape index (κ2) is 9.86. The molecule has 7 heteroatoms. The van der Waals surface area contributed by atoms with Gasteiger partial charge in [-0.05, 0) is 42.8 Å². The fraction of sp³-hybridized carbons (Fsp3) is 0.263. The van der Waals surface area contributed by atoms with E-state index in [1.165, 1.54) is 11.8 Å². The topological polar surface area (TPSA) is 49.4 Å². The summed E-state index contributed by atoms with van der Waals surface area (Å²) < 4.78 is 0. The van der Waals surface area contributed by atoms with Crippen LogP contribution in [0.4, 0.5) is 0 Å². The zero-order valence-electron chi connectivity index (χ0n) is 14.5. The van der Waals surface area contributed by atoms with Crippen molar-refractivity contribution in [1.29, 1.82) is 0 Å². The van der Waals surface area contributed by atoms with Gasteiger partial charge in [0, 0.05) is 28.5 Å². The van der Waals surface area contributed by atoms with E-state index in [1.54, 1.807) is 37.1 Å². The van der Waals surface area contributed by atoms with Gasteiger partial charge in [0.05, 0.1) is 5.75 Å². The number of likely N-dealkylation sites (N-methyl/N-ethyl adjacent to an activating group) is 1. The first kappa shape index (κ1) is 20.6. The summed E-state index contributed by atoms with van der Waals surface area (Å²) in [4.78, 5) is 27.4. The monoisotopic (exact) mass is 410 g/mol.